The van der Waals surface area contributed by atoms with E-state index in [0.29, 0.717) is 5.56 Å². The molecule has 0 fully saturated rings. The molecule has 0 amide bonds. The fraction of sp³-hybridized carbons (Fsp3) is 0.316. The van der Waals surface area contributed by atoms with Gasteiger partial charge in [-0.15, -0.1) is 0 Å². The zero-order chi connectivity index (χ0) is 21.3. The number of esters is 1. The third kappa shape index (κ3) is 3.93. The summed E-state index contributed by atoms with van der Waals surface area (Å²) in [6.07, 6.45) is 0. The predicted molar refractivity (Wildman–Crippen MR) is 107 cm³/mol. The Kier molecular flexibility index (Phi) is 5.83. The number of aromatic nitrogens is 4. The molecule has 0 saturated carbocycles. The first-order valence-corrected chi connectivity index (χ1v) is 9.69. The van der Waals surface area contributed by atoms with Crippen LogP contribution in [0.5, 0.6) is 0 Å². The van der Waals surface area contributed by atoms with Gasteiger partial charge in [0.15, 0.2) is 11.5 Å². The van der Waals surface area contributed by atoms with E-state index in [-0.39, 0.29) is 28.5 Å². The van der Waals surface area contributed by atoms with Gasteiger partial charge >= 0.3 is 11.7 Å². The molecule has 152 valence electrons. The van der Waals surface area contributed by atoms with Crippen molar-refractivity contribution in [2.75, 3.05) is 6.61 Å². The number of carbonyl (C=O) groups excluding carboxylic acids is 1. The zero-order valence-electron chi connectivity index (χ0n) is 16.3. The van der Waals surface area contributed by atoms with Gasteiger partial charge in [-0.2, -0.15) is 0 Å². The van der Waals surface area contributed by atoms with E-state index < -0.39 is 28.3 Å². The summed E-state index contributed by atoms with van der Waals surface area (Å²) in [7, 11) is 2.86. The first-order chi connectivity index (χ1) is 13.7. The summed E-state index contributed by atoms with van der Waals surface area (Å²) in [5.41, 5.74) is -0.467. The van der Waals surface area contributed by atoms with Crippen molar-refractivity contribution in [3.63, 3.8) is 0 Å². The average Bonchev–Trinajstić information content (AvgIpc) is 2.70. The molecule has 29 heavy (non-hydrogen) atoms. The number of halogens is 1. The van der Waals surface area contributed by atoms with Gasteiger partial charge in [0, 0.05) is 19.7 Å². The number of hydrogen-bond donors (Lipinski definition) is 0. The highest BCUT2D eigenvalue weighted by Gasteiger charge is 2.23. The molecule has 0 aliphatic rings. The van der Waals surface area contributed by atoms with E-state index in [2.05, 4.69) is 9.97 Å². The van der Waals surface area contributed by atoms with Crippen LogP contribution in [0.15, 0.2) is 38.9 Å². The topological polar surface area (TPSA) is 96.1 Å². The molecule has 2 heterocycles. The number of rotatable bonds is 5. The molecular formula is C19H19FN4O4S. The molecule has 0 bridgehead atoms. The maximum atomic E-state index is 13.3. The van der Waals surface area contributed by atoms with Gasteiger partial charge in [0.2, 0.25) is 0 Å². The van der Waals surface area contributed by atoms with Crippen LogP contribution in [-0.4, -0.2) is 36.9 Å². The quantitative estimate of drug-likeness (QED) is 0.355. The maximum Gasteiger partial charge on any atom is 0.332 e. The summed E-state index contributed by atoms with van der Waals surface area (Å²) < 4.78 is 20.5. The summed E-state index contributed by atoms with van der Waals surface area (Å²) in [5.74, 6) is -0.658. The Balaban J connectivity index is 2.28. The molecule has 8 nitrogen and oxygen atoms in total. The third-order valence-corrected chi connectivity index (χ3v) is 5.34. The second-order valence-corrected chi connectivity index (χ2v) is 7.61. The first kappa shape index (κ1) is 20.7. The zero-order valence-corrected chi connectivity index (χ0v) is 17.1. The number of thioether (sulfide) groups is 1. The lowest BCUT2D eigenvalue weighted by Gasteiger charge is -2.14. The van der Waals surface area contributed by atoms with Gasteiger partial charge in [-0.25, -0.2) is 19.2 Å². The number of fused-ring (bicyclic) bond motifs is 1. The Hall–Kier alpha value is -3.01. The van der Waals surface area contributed by atoms with Gasteiger partial charge in [-0.3, -0.25) is 18.7 Å². The number of aryl methyl sites for hydroxylation is 1. The third-order valence-electron chi connectivity index (χ3n) is 4.28. The van der Waals surface area contributed by atoms with Crippen LogP contribution in [0.1, 0.15) is 13.8 Å². The molecule has 0 saturated heterocycles. The SMILES string of the molecule is CCOC(=O)[C@H](C)Sc1nc(-c2ccc(F)cc2)nc2c1c(=O)n(C)c(=O)n2C. The fourth-order valence-corrected chi connectivity index (χ4v) is 3.65. The molecule has 3 aromatic rings. The van der Waals surface area contributed by atoms with Crippen LogP contribution in [0.25, 0.3) is 22.4 Å². The molecule has 1 atom stereocenters. The van der Waals surface area contributed by atoms with Gasteiger partial charge in [-0.1, -0.05) is 11.8 Å². The number of hydrogen-bond acceptors (Lipinski definition) is 7. The summed E-state index contributed by atoms with van der Waals surface area (Å²) in [5, 5.41) is -0.274. The number of ether oxygens (including phenoxy) is 1. The minimum Gasteiger partial charge on any atom is -0.465 e. The highest BCUT2D eigenvalue weighted by Crippen LogP contribution is 2.29. The van der Waals surface area contributed by atoms with E-state index in [4.69, 9.17) is 4.74 Å². The highest BCUT2D eigenvalue weighted by atomic mass is 32.2. The van der Waals surface area contributed by atoms with Crippen LogP contribution in [0, 0.1) is 5.82 Å². The van der Waals surface area contributed by atoms with Crippen molar-refractivity contribution in [1.29, 1.82) is 0 Å². The van der Waals surface area contributed by atoms with Crippen LogP contribution >= 0.6 is 11.8 Å². The summed E-state index contributed by atoms with van der Waals surface area (Å²) >= 11 is 1.04. The van der Waals surface area contributed by atoms with Gasteiger partial charge < -0.3 is 4.74 Å². The van der Waals surface area contributed by atoms with E-state index in [1.54, 1.807) is 13.8 Å². The van der Waals surface area contributed by atoms with Gasteiger partial charge in [0.25, 0.3) is 5.56 Å². The molecule has 0 aliphatic carbocycles. The standard InChI is InChI=1S/C19H19FN4O4S/c1-5-28-18(26)10(2)29-16-13-15(23(3)19(27)24(4)17(13)25)21-14(22-16)11-6-8-12(20)9-7-11/h6-10H,5H2,1-4H3/t10-/m0/s1. The van der Waals surface area contributed by atoms with Crippen LogP contribution in [0.3, 0.4) is 0 Å². The Labute approximate surface area is 169 Å². The van der Waals surface area contributed by atoms with Crippen molar-refractivity contribution in [2.45, 2.75) is 24.1 Å². The summed E-state index contributed by atoms with van der Waals surface area (Å²) in [6.45, 7) is 3.57. The fourth-order valence-electron chi connectivity index (χ4n) is 2.72. The Morgan fingerprint density at radius 1 is 1.17 bits per heavy atom. The van der Waals surface area contributed by atoms with Gasteiger partial charge in [0.1, 0.15) is 21.5 Å². The van der Waals surface area contributed by atoms with E-state index in [9.17, 15) is 18.8 Å². The smallest absolute Gasteiger partial charge is 0.332 e. The number of nitrogens with zero attached hydrogens (tertiary/aromatic N) is 4. The lowest BCUT2D eigenvalue weighted by Crippen LogP contribution is -2.37. The lowest BCUT2D eigenvalue weighted by atomic mass is 10.2. The Morgan fingerprint density at radius 2 is 1.83 bits per heavy atom. The Morgan fingerprint density at radius 3 is 2.45 bits per heavy atom. The van der Waals surface area contributed by atoms with Crippen LogP contribution in [0.4, 0.5) is 4.39 Å². The molecule has 0 N–H and O–H groups in total. The van der Waals surface area contributed by atoms with Crippen molar-refractivity contribution in [3.05, 3.63) is 50.9 Å². The van der Waals surface area contributed by atoms with Crippen molar-refractivity contribution < 1.29 is 13.9 Å². The molecule has 1 aromatic carbocycles. The minimum absolute atomic E-state index is 0.126. The lowest BCUT2D eigenvalue weighted by molar-refractivity contribution is -0.142. The molecule has 2 aromatic heterocycles. The first-order valence-electron chi connectivity index (χ1n) is 8.81. The average molecular weight is 418 g/mol. The van der Waals surface area contributed by atoms with Crippen molar-refractivity contribution in [2.24, 2.45) is 14.1 Å². The molecule has 10 heteroatoms. The van der Waals surface area contributed by atoms with E-state index >= 15 is 0 Å². The normalized spacial score (nSPS) is 12.2. The summed E-state index contributed by atoms with van der Waals surface area (Å²) in [6, 6.07) is 5.53. The van der Waals surface area contributed by atoms with E-state index in [1.807, 2.05) is 0 Å². The molecule has 3 rings (SSSR count). The van der Waals surface area contributed by atoms with Crippen molar-refractivity contribution in [1.82, 2.24) is 19.1 Å². The molecule has 0 spiro atoms. The molecule has 0 unspecified atom stereocenters. The number of benzene rings is 1. The van der Waals surface area contributed by atoms with Crippen molar-refractivity contribution in [3.8, 4) is 11.4 Å². The second-order valence-electron chi connectivity index (χ2n) is 6.28. The minimum atomic E-state index is -0.643. The second kappa shape index (κ2) is 8.16. The highest BCUT2D eigenvalue weighted by molar-refractivity contribution is 8.00. The van der Waals surface area contributed by atoms with Gasteiger partial charge in [0.05, 0.1) is 6.61 Å². The van der Waals surface area contributed by atoms with E-state index in [0.717, 1.165) is 16.3 Å². The number of carbonyl (C=O) groups is 1. The molecule has 0 aliphatic heterocycles. The van der Waals surface area contributed by atoms with Crippen molar-refractivity contribution >= 4 is 28.8 Å². The van der Waals surface area contributed by atoms with E-state index in [1.165, 1.54) is 42.9 Å². The van der Waals surface area contributed by atoms with Crippen LogP contribution < -0.4 is 11.2 Å². The van der Waals surface area contributed by atoms with Crippen LogP contribution in [0.2, 0.25) is 0 Å². The largest absolute Gasteiger partial charge is 0.465 e. The monoisotopic (exact) mass is 418 g/mol. The van der Waals surface area contributed by atoms with Gasteiger partial charge in [-0.05, 0) is 38.1 Å². The molecule has 0 radical (unpaired) electrons. The summed E-state index contributed by atoms with van der Waals surface area (Å²) in [4.78, 5) is 46.0. The predicted octanol–water partition coefficient (Wildman–Crippen LogP) is 1.88. The Bertz CT molecular complexity index is 1200. The maximum absolute atomic E-state index is 13.3. The van der Waals surface area contributed by atoms with Crippen LogP contribution in [-0.2, 0) is 23.6 Å². The molecular weight excluding hydrogens is 399 g/mol.